The molecule has 0 atom stereocenters. The topological polar surface area (TPSA) is 59.9 Å². The van der Waals surface area contributed by atoms with Gasteiger partial charge in [-0.2, -0.15) is 0 Å². The van der Waals surface area contributed by atoms with E-state index >= 15 is 0 Å². The van der Waals surface area contributed by atoms with Crippen LogP contribution in [0.5, 0.6) is 0 Å². The van der Waals surface area contributed by atoms with Crippen molar-refractivity contribution in [2.75, 3.05) is 0 Å². The van der Waals surface area contributed by atoms with Crippen LogP contribution in [0, 0.1) is 23.7 Å². The van der Waals surface area contributed by atoms with Gasteiger partial charge in [0.2, 0.25) is 0 Å². The van der Waals surface area contributed by atoms with Gasteiger partial charge in [0, 0.05) is 58.3 Å². The van der Waals surface area contributed by atoms with Crippen LogP contribution in [-0.4, -0.2) is 20.2 Å². The lowest BCUT2D eigenvalue weighted by atomic mass is 10.1. The zero-order valence-electron chi connectivity index (χ0n) is 19.6. The fourth-order valence-corrected chi connectivity index (χ4v) is 4.28. The first-order chi connectivity index (χ1) is 17.4. The molecule has 4 nitrogen and oxygen atoms in total. The standard InChI is InChI=1S/C30H20N2O2S2/c1-21(33)35-27-13-7-23(8-14-27)3-5-25-11-17-29(31-19-25)30-18-12-26(20-32-30)6-4-24-9-15-28(16-10-24)36-22(2)34/h7-20H,1-2H3. The SMILES string of the molecule is CC(=O)Sc1ccc(C#Cc2ccc(-c3ccc(C#Cc4ccc(SC(C)=O)cc4)cn3)nc2)cc1. The minimum absolute atomic E-state index is 0.0600. The Morgan fingerprint density at radius 3 is 1.17 bits per heavy atom. The van der Waals surface area contributed by atoms with Gasteiger partial charge in [0.15, 0.2) is 10.2 Å². The van der Waals surface area contributed by atoms with E-state index in [1.807, 2.05) is 72.8 Å². The van der Waals surface area contributed by atoms with Crippen molar-refractivity contribution in [2.45, 2.75) is 23.6 Å². The highest BCUT2D eigenvalue weighted by Crippen LogP contribution is 2.20. The molecule has 0 unspecified atom stereocenters. The number of carbonyl (C=O) groups is 2. The summed E-state index contributed by atoms with van der Waals surface area (Å²) in [6, 6.07) is 22.8. The fraction of sp³-hybridized carbons (Fsp3) is 0.0667. The Morgan fingerprint density at radius 1 is 0.528 bits per heavy atom. The molecule has 0 radical (unpaired) electrons. The number of pyridine rings is 2. The summed E-state index contributed by atoms with van der Waals surface area (Å²) in [5.74, 6) is 12.5. The van der Waals surface area contributed by atoms with Gasteiger partial charge in [-0.05, 0) is 72.8 Å². The van der Waals surface area contributed by atoms with Crippen LogP contribution in [0.1, 0.15) is 36.1 Å². The van der Waals surface area contributed by atoms with Crippen LogP contribution in [-0.2, 0) is 9.59 Å². The first-order valence-electron chi connectivity index (χ1n) is 11.0. The van der Waals surface area contributed by atoms with E-state index in [0.29, 0.717) is 0 Å². The molecular formula is C30H20N2O2S2. The third-order valence-electron chi connectivity index (χ3n) is 4.72. The van der Waals surface area contributed by atoms with Crippen molar-refractivity contribution in [2.24, 2.45) is 0 Å². The highest BCUT2D eigenvalue weighted by molar-refractivity contribution is 8.13. The molecule has 6 heteroatoms. The lowest BCUT2D eigenvalue weighted by Gasteiger charge is -2.00. The average Bonchev–Trinajstić information content (AvgIpc) is 2.88. The van der Waals surface area contributed by atoms with Crippen molar-refractivity contribution < 1.29 is 9.59 Å². The number of rotatable bonds is 3. The lowest BCUT2D eigenvalue weighted by Crippen LogP contribution is -1.89. The second-order valence-corrected chi connectivity index (χ2v) is 10.1. The first kappa shape index (κ1) is 25.0. The van der Waals surface area contributed by atoms with Crippen LogP contribution in [0.2, 0.25) is 0 Å². The van der Waals surface area contributed by atoms with Gasteiger partial charge in [-0.3, -0.25) is 19.6 Å². The molecule has 0 bridgehead atoms. The van der Waals surface area contributed by atoms with Crippen LogP contribution in [0.25, 0.3) is 11.4 Å². The molecule has 0 aliphatic carbocycles. The van der Waals surface area contributed by atoms with Crippen LogP contribution in [0.15, 0.2) is 95.0 Å². The summed E-state index contributed by atoms with van der Waals surface area (Å²) in [6.07, 6.45) is 3.46. The minimum Gasteiger partial charge on any atom is -0.287 e. The largest absolute Gasteiger partial charge is 0.287 e. The molecule has 0 aliphatic heterocycles. The normalized spacial score (nSPS) is 9.94. The van der Waals surface area contributed by atoms with Crippen molar-refractivity contribution in [3.05, 3.63) is 107 Å². The Kier molecular flexibility index (Phi) is 8.36. The highest BCUT2D eigenvalue weighted by atomic mass is 32.2. The molecule has 4 rings (SSSR count). The summed E-state index contributed by atoms with van der Waals surface area (Å²) in [6.45, 7) is 3.10. The zero-order valence-corrected chi connectivity index (χ0v) is 21.2. The van der Waals surface area contributed by atoms with Crippen LogP contribution in [0.4, 0.5) is 0 Å². The smallest absolute Gasteiger partial charge is 0.190 e. The molecule has 0 N–H and O–H groups in total. The number of nitrogens with zero attached hydrogens (tertiary/aromatic N) is 2. The molecule has 0 aliphatic rings. The molecular weight excluding hydrogens is 484 g/mol. The molecule has 0 amide bonds. The predicted octanol–water partition coefficient (Wildman–Crippen LogP) is 6.22. The number of benzene rings is 2. The Morgan fingerprint density at radius 2 is 0.861 bits per heavy atom. The number of carbonyl (C=O) groups excluding carboxylic acids is 2. The number of thioether (sulfide) groups is 2. The van der Waals surface area contributed by atoms with Crippen LogP contribution in [0.3, 0.4) is 0 Å². The molecule has 0 spiro atoms. The summed E-state index contributed by atoms with van der Waals surface area (Å²) in [4.78, 5) is 33.2. The Bertz CT molecular complexity index is 1380. The van der Waals surface area contributed by atoms with E-state index in [9.17, 15) is 9.59 Å². The Hall–Kier alpha value is -4.10. The number of hydrogen-bond donors (Lipinski definition) is 0. The molecule has 2 aromatic heterocycles. The molecule has 0 fully saturated rings. The monoisotopic (exact) mass is 504 g/mol. The van der Waals surface area contributed by atoms with Gasteiger partial charge in [-0.15, -0.1) is 0 Å². The van der Waals surface area contributed by atoms with E-state index < -0.39 is 0 Å². The maximum atomic E-state index is 11.2. The minimum atomic E-state index is 0.0600. The summed E-state index contributed by atoms with van der Waals surface area (Å²) in [5.41, 5.74) is 4.85. The van der Waals surface area contributed by atoms with E-state index in [1.54, 1.807) is 26.2 Å². The highest BCUT2D eigenvalue weighted by Gasteiger charge is 2.02. The Balaban J connectivity index is 1.39. The number of hydrogen-bond acceptors (Lipinski definition) is 6. The van der Waals surface area contributed by atoms with Crippen LogP contribution >= 0.6 is 23.5 Å². The maximum absolute atomic E-state index is 11.2. The zero-order chi connectivity index (χ0) is 25.3. The van der Waals surface area contributed by atoms with Crippen molar-refractivity contribution in [1.82, 2.24) is 9.97 Å². The van der Waals surface area contributed by atoms with Crippen molar-refractivity contribution >= 4 is 33.8 Å². The third kappa shape index (κ3) is 7.45. The predicted molar refractivity (Wildman–Crippen MR) is 145 cm³/mol. The summed E-state index contributed by atoms with van der Waals surface area (Å²) < 4.78 is 0. The number of aromatic nitrogens is 2. The summed E-state index contributed by atoms with van der Waals surface area (Å²) in [5, 5.41) is 0.120. The first-order valence-corrected chi connectivity index (χ1v) is 12.6. The van der Waals surface area contributed by atoms with E-state index in [1.165, 1.54) is 23.5 Å². The quantitative estimate of drug-likeness (QED) is 0.244. The van der Waals surface area contributed by atoms with E-state index in [-0.39, 0.29) is 10.2 Å². The summed E-state index contributed by atoms with van der Waals surface area (Å²) in [7, 11) is 0. The molecule has 2 aromatic carbocycles. The van der Waals surface area contributed by atoms with Gasteiger partial charge < -0.3 is 0 Å². The summed E-state index contributed by atoms with van der Waals surface area (Å²) >= 11 is 2.41. The maximum Gasteiger partial charge on any atom is 0.190 e. The van der Waals surface area contributed by atoms with E-state index in [2.05, 4.69) is 33.6 Å². The van der Waals surface area contributed by atoms with Gasteiger partial charge >= 0.3 is 0 Å². The van der Waals surface area contributed by atoms with Gasteiger partial charge in [-0.25, -0.2) is 0 Å². The molecule has 174 valence electrons. The van der Waals surface area contributed by atoms with Crippen molar-refractivity contribution in [3.8, 4) is 35.1 Å². The van der Waals surface area contributed by atoms with E-state index in [0.717, 1.165) is 43.4 Å². The fourth-order valence-electron chi connectivity index (χ4n) is 3.07. The van der Waals surface area contributed by atoms with E-state index in [4.69, 9.17) is 0 Å². The second kappa shape index (κ2) is 12.0. The second-order valence-electron chi connectivity index (χ2n) is 7.60. The van der Waals surface area contributed by atoms with Gasteiger partial charge in [0.05, 0.1) is 11.4 Å². The molecule has 0 saturated heterocycles. The lowest BCUT2D eigenvalue weighted by molar-refractivity contribution is -0.109. The van der Waals surface area contributed by atoms with Crippen LogP contribution < -0.4 is 0 Å². The van der Waals surface area contributed by atoms with Gasteiger partial charge in [0.1, 0.15) is 0 Å². The van der Waals surface area contributed by atoms with Crippen molar-refractivity contribution in [1.29, 1.82) is 0 Å². The Labute approximate surface area is 219 Å². The van der Waals surface area contributed by atoms with Gasteiger partial charge in [-0.1, -0.05) is 47.2 Å². The van der Waals surface area contributed by atoms with Gasteiger partial charge in [0.25, 0.3) is 0 Å². The average molecular weight is 505 g/mol. The molecule has 4 aromatic rings. The molecule has 0 saturated carbocycles. The van der Waals surface area contributed by atoms with Crippen molar-refractivity contribution in [3.63, 3.8) is 0 Å². The third-order valence-corrected chi connectivity index (χ3v) is 6.31. The molecule has 36 heavy (non-hydrogen) atoms. The molecule has 2 heterocycles.